The molecule has 0 aliphatic heterocycles. The number of amides is 1. The van der Waals surface area contributed by atoms with Gasteiger partial charge >= 0.3 is 0 Å². The molecule has 150 valence electrons. The molecule has 2 rings (SSSR count). The molecule has 0 aliphatic carbocycles. The second-order valence-corrected chi connectivity index (χ2v) is 5.57. The summed E-state index contributed by atoms with van der Waals surface area (Å²) < 4.78 is 22.0. The predicted octanol–water partition coefficient (Wildman–Crippen LogP) is 3.66. The van der Waals surface area contributed by atoms with Crippen LogP contribution in [-0.2, 0) is 0 Å². The number of rotatable bonds is 10. The molecule has 7 nitrogen and oxygen atoms in total. The Hall–Kier alpha value is -3.22. The highest BCUT2D eigenvalue weighted by atomic mass is 16.5. The number of ether oxygens (including phenoxy) is 4. The maximum absolute atomic E-state index is 12.5. The van der Waals surface area contributed by atoms with Gasteiger partial charge in [-0.3, -0.25) is 4.79 Å². The first kappa shape index (κ1) is 21.1. The number of carbonyl (C=O) groups excluding carboxylic acids is 1. The lowest BCUT2D eigenvalue weighted by Crippen LogP contribution is -2.18. The zero-order chi connectivity index (χ0) is 20.4. The molecular weight excluding hydrogens is 360 g/mol. The van der Waals surface area contributed by atoms with Crippen LogP contribution in [0.3, 0.4) is 0 Å². The van der Waals surface area contributed by atoms with Crippen LogP contribution in [0.1, 0.15) is 36.7 Å². The van der Waals surface area contributed by atoms with Crippen LogP contribution in [0.5, 0.6) is 23.0 Å². The van der Waals surface area contributed by atoms with Crippen molar-refractivity contribution in [1.82, 2.24) is 5.43 Å². The van der Waals surface area contributed by atoms with Crippen LogP contribution >= 0.6 is 0 Å². The Labute approximate surface area is 165 Å². The summed E-state index contributed by atoms with van der Waals surface area (Å²) in [6, 6.07) is 10.6. The van der Waals surface area contributed by atoms with E-state index in [2.05, 4.69) is 10.5 Å². The maximum Gasteiger partial charge on any atom is 0.271 e. The highest BCUT2D eigenvalue weighted by Gasteiger charge is 2.18. The first-order valence-electron chi connectivity index (χ1n) is 9.16. The van der Waals surface area contributed by atoms with Crippen LogP contribution in [0.15, 0.2) is 41.5 Å². The Morgan fingerprint density at radius 2 is 1.54 bits per heavy atom. The maximum atomic E-state index is 12.5. The number of hydrazone groups is 1. The lowest BCUT2D eigenvalue weighted by Gasteiger charge is -2.16. The Morgan fingerprint density at radius 1 is 0.964 bits per heavy atom. The van der Waals surface area contributed by atoms with Crippen LogP contribution in [-0.4, -0.2) is 39.1 Å². The fourth-order valence-electron chi connectivity index (χ4n) is 2.44. The predicted molar refractivity (Wildman–Crippen MR) is 108 cm³/mol. The molecule has 0 heterocycles. The smallest absolute Gasteiger partial charge is 0.271 e. The summed E-state index contributed by atoms with van der Waals surface area (Å²) in [7, 11) is 1.60. The first-order chi connectivity index (χ1) is 13.6. The molecule has 0 radical (unpaired) electrons. The van der Waals surface area contributed by atoms with Gasteiger partial charge in [0.2, 0.25) is 5.75 Å². The second-order valence-electron chi connectivity index (χ2n) is 5.57. The zero-order valence-electron chi connectivity index (χ0n) is 16.7. The van der Waals surface area contributed by atoms with Crippen LogP contribution < -0.4 is 24.4 Å². The van der Waals surface area contributed by atoms with E-state index in [1.165, 1.54) is 0 Å². The van der Waals surface area contributed by atoms with Gasteiger partial charge in [0.1, 0.15) is 5.75 Å². The molecule has 0 saturated heterocycles. The Balaban J connectivity index is 2.19. The summed E-state index contributed by atoms with van der Waals surface area (Å²) in [6.07, 6.45) is 1.55. The van der Waals surface area contributed by atoms with Crippen molar-refractivity contribution in [1.29, 1.82) is 0 Å². The van der Waals surface area contributed by atoms with Gasteiger partial charge < -0.3 is 18.9 Å². The van der Waals surface area contributed by atoms with Gasteiger partial charge in [-0.1, -0.05) is 0 Å². The molecule has 1 N–H and O–H groups in total. The molecule has 7 heteroatoms. The molecule has 0 unspecified atom stereocenters. The molecule has 0 aliphatic rings. The van der Waals surface area contributed by atoms with Crippen LogP contribution in [0, 0.1) is 0 Å². The molecular formula is C21H26N2O5. The molecule has 0 atom stereocenters. The zero-order valence-corrected chi connectivity index (χ0v) is 16.7. The summed E-state index contributed by atoms with van der Waals surface area (Å²) in [5.74, 6) is 1.78. The molecule has 0 spiro atoms. The summed E-state index contributed by atoms with van der Waals surface area (Å²) in [6.45, 7) is 6.93. The van der Waals surface area contributed by atoms with Gasteiger partial charge in [-0.05, 0) is 62.7 Å². The van der Waals surface area contributed by atoms with Crippen LogP contribution in [0.25, 0.3) is 0 Å². The molecule has 0 saturated carbocycles. The summed E-state index contributed by atoms with van der Waals surface area (Å²) in [5.41, 5.74) is 3.71. The van der Waals surface area contributed by atoms with E-state index in [1.54, 1.807) is 25.5 Å². The fourth-order valence-corrected chi connectivity index (χ4v) is 2.44. The number of nitrogens with zero attached hydrogens (tertiary/aromatic N) is 1. The first-order valence-corrected chi connectivity index (χ1v) is 9.16. The Kier molecular flexibility index (Phi) is 8.14. The number of methoxy groups -OCH3 is 1. The third kappa shape index (κ3) is 5.64. The van der Waals surface area contributed by atoms with Gasteiger partial charge in [-0.2, -0.15) is 5.10 Å². The van der Waals surface area contributed by atoms with Crippen molar-refractivity contribution in [2.75, 3.05) is 26.9 Å². The Bertz CT molecular complexity index is 776. The molecule has 2 aromatic carbocycles. The summed E-state index contributed by atoms with van der Waals surface area (Å²) in [4.78, 5) is 12.5. The number of benzene rings is 2. The SMILES string of the molecule is CCOc1cc(C(=O)NN=Cc2ccc(OC)cc2)cc(OCC)c1OCC. The lowest BCUT2D eigenvalue weighted by atomic mass is 10.1. The third-order valence-electron chi connectivity index (χ3n) is 3.67. The highest BCUT2D eigenvalue weighted by Crippen LogP contribution is 2.39. The monoisotopic (exact) mass is 386 g/mol. The van der Waals surface area contributed by atoms with Crippen molar-refractivity contribution < 1.29 is 23.7 Å². The molecule has 28 heavy (non-hydrogen) atoms. The van der Waals surface area contributed by atoms with Gasteiger partial charge in [0.25, 0.3) is 5.91 Å². The van der Waals surface area contributed by atoms with Crippen LogP contribution in [0.4, 0.5) is 0 Å². The van der Waals surface area contributed by atoms with Crippen molar-refractivity contribution in [3.05, 3.63) is 47.5 Å². The van der Waals surface area contributed by atoms with E-state index in [0.717, 1.165) is 11.3 Å². The van der Waals surface area contributed by atoms with E-state index in [1.807, 2.05) is 45.0 Å². The minimum absolute atomic E-state index is 0.363. The fraction of sp³-hybridized carbons (Fsp3) is 0.333. The van der Waals surface area contributed by atoms with Gasteiger partial charge in [0.05, 0.1) is 33.1 Å². The minimum Gasteiger partial charge on any atom is -0.497 e. The third-order valence-corrected chi connectivity index (χ3v) is 3.67. The van der Waals surface area contributed by atoms with Gasteiger partial charge in [0, 0.05) is 5.56 Å². The van der Waals surface area contributed by atoms with E-state index in [4.69, 9.17) is 18.9 Å². The van der Waals surface area contributed by atoms with E-state index in [9.17, 15) is 4.79 Å². The molecule has 0 fully saturated rings. The molecule has 2 aromatic rings. The van der Waals surface area contributed by atoms with Crippen molar-refractivity contribution in [2.24, 2.45) is 5.10 Å². The summed E-state index contributed by atoms with van der Waals surface area (Å²) in [5, 5.41) is 4.01. The second kappa shape index (κ2) is 10.8. The standard InChI is InChI=1S/C21H26N2O5/c1-5-26-18-12-16(13-19(27-6-2)20(18)28-7-3)21(24)23-22-14-15-8-10-17(25-4)11-9-15/h8-14H,5-7H2,1-4H3,(H,23,24). The van der Waals surface area contributed by atoms with Crippen molar-refractivity contribution in [2.45, 2.75) is 20.8 Å². The average molecular weight is 386 g/mol. The van der Waals surface area contributed by atoms with Crippen LogP contribution in [0.2, 0.25) is 0 Å². The number of nitrogens with one attached hydrogen (secondary N) is 1. The number of carbonyl (C=O) groups is 1. The highest BCUT2D eigenvalue weighted by molar-refractivity contribution is 5.96. The topological polar surface area (TPSA) is 78.4 Å². The van der Waals surface area contributed by atoms with E-state index in [0.29, 0.717) is 42.6 Å². The quantitative estimate of drug-likeness (QED) is 0.498. The van der Waals surface area contributed by atoms with Crippen molar-refractivity contribution in [3.63, 3.8) is 0 Å². The number of hydrogen-bond acceptors (Lipinski definition) is 6. The summed E-state index contributed by atoms with van der Waals surface area (Å²) >= 11 is 0. The van der Waals surface area contributed by atoms with Gasteiger partial charge in [0.15, 0.2) is 11.5 Å². The average Bonchev–Trinajstić information content (AvgIpc) is 2.71. The van der Waals surface area contributed by atoms with Crippen molar-refractivity contribution >= 4 is 12.1 Å². The normalized spacial score (nSPS) is 10.6. The minimum atomic E-state index is -0.380. The lowest BCUT2D eigenvalue weighted by molar-refractivity contribution is 0.0954. The number of hydrogen-bond donors (Lipinski definition) is 1. The Morgan fingerprint density at radius 3 is 2.04 bits per heavy atom. The van der Waals surface area contributed by atoms with E-state index >= 15 is 0 Å². The van der Waals surface area contributed by atoms with Gasteiger partial charge in [-0.15, -0.1) is 0 Å². The molecule has 1 amide bonds. The molecule has 0 aromatic heterocycles. The largest absolute Gasteiger partial charge is 0.497 e. The van der Waals surface area contributed by atoms with Crippen molar-refractivity contribution in [3.8, 4) is 23.0 Å². The van der Waals surface area contributed by atoms with E-state index in [-0.39, 0.29) is 5.91 Å². The van der Waals surface area contributed by atoms with E-state index < -0.39 is 0 Å². The van der Waals surface area contributed by atoms with Gasteiger partial charge in [-0.25, -0.2) is 5.43 Å². The molecule has 0 bridgehead atoms.